The molecule has 1 heterocycles. The Balaban J connectivity index is 2.23. The Morgan fingerprint density at radius 1 is 1.14 bits per heavy atom. The summed E-state index contributed by atoms with van der Waals surface area (Å²) in [5, 5.41) is 6.24. The van der Waals surface area contributed by atoms with Crippen molar-refractivity contribution in [2.75, 3.05) is 22.6 Å². The molecule has 0 aliphatic carbocycles. The van der Waals surface area contributed by atoms with E-state index in [1.807, 2.05) is 62.8 Å². The number of pyridine rings is 1. The van der Waals surface area contributed by atoms with Crippen LogP contribution in [-0.4, -0.2) is 12.0 Å². The zero-order valence-corrected chi connectivity index (χ0v) is 12.4. The number of rotatable bonds is 6. The molecule has 0 radical (unpaired) electrons. The van der Waals surface area contributed by atoms with Crippen molar-refractivity contribution in [3.63, 3.8) is 0 Å². The summed E-state index contributed by atoms with van der Waals surface area (Å²) in [5.41, 5.74) is 3.08. The van der Waals surface area contributed by atoms with Crippen LogP contribution in [0.4, 0.5) is 22.9 Å². The van der Waals surface area contributed by atoms with Gasteiger partial charge in [-0.2, -0.15) is 0 Å². The highest BCUT2D eigenvalue weighted by atomic mass is 15.1. The van der Waals surface area contributed by atoms with Crippen LogP contribution in [0.15, 0.2) is 67.6 Å². The van der Waals surface area contributed by atoms with Crippen LogP contribution in [-0.2, 0) is 0 Å². The molecule has 1 aromatic heterocycles. The number of aromatic nitrogens is 1. The van der Waals surface area contributed by atoms with Crippen LogP contribution in [0.3, 0.4) is 0 Å². The van der Waals surface area contributed by atoms with Crippen molar-refractivity contribution in [1.29, 1.82) is 0 Å². The second-order valence-electron chi connectivity index (χ2n) is 4.47. The molecule has 4 nitrogen and oxygen atoms in total. The monoisotopic (exact) mass is 280 g/mol. The summed E-state index contributed by atoms with van der Waals surface area (Å²) in [6.45, 7) is 5.67. The number of anilines is 4. The number of nitrogens with one attached hydrogen (secondary N) is 2. The van der Waals surface area contributed by atoms with E-state index in [0.717, 1.165) is 22.9 Å². The Labute approximate surface area is 125 Å². The smallest absolute Gasteiger partial charge is 0.129 e. The summed E-state index contributed by atoms with van der Waals surface area (Å²) >= 11 is 0. The lowest BCUT2D eigenvalue weighted by atomic mass is 10.2. The third kappa shape index (κ3) is 3.63. The summed E-state index contributed by atoms with van der Waals surface area (Å²) < 4.78 is 0. The fourth-order valence-electron chi connectivity index (χ4n) is 1.98. The van der Waals surface area contributed by atoms with Crippen LogP contribution >= 0.6 is 0 Å². The van der Waals surface area contributed by atoms with Gasteiger partial charge in [-0.05, 0) is 43.6 Å². The number of allylic oxidation sites excluding steroid dienone is 1. The third-order valence-electron chi connectivity index (χ3n) is 3.06. The van der Waals surface area contributed by atoms with E-state index in [2.05, 4.69) is 33.2 Å². The quantitative estimate of drug-likeness (QED) is 0.825. The van der Waals surface area contributed by atoms with E-state index in [1.54, 1.807) is 6.20 Å². The Bertz CT molecular complexity index is 617. The summed E-state index contributed by atoms with van der Waals surface area (Å²) in [6.07, 6.45) is 7.31. The number of para-hydroxylation sites is 2. The Morgan fingerprint density at radius 3 is 2.62 bits per heavy atom. The molecule has 0 aliphatic heterocycles. The first-order valence-corrected chi connectivity index (χ1v) is 6.80. The SMILES string of the molecule is C=CNc1ccccc1N(C)c1ccc(N/C=C\C)nc1. The van der Waals surface area contributed by atoms with E-state index in [0.29, 0.717) is 0 Å². The molecular formula is C17H20N4. The molecule has 0 bridgehead atoms. The molecule has 108 valence electrons. The van der Waals surface area contributed by atoms with Crippen LogP contribution < -0.4 is 15.5 Å². The highest BCUT2D eigenvalue weighted by Crippen LogP contribution is 2.30. The highest BCUT2D eigenvalue weighted by molar-refractivity contribution is 5.76. The molecule has 0 saturated heterocycles. The summed E-state index contributed by atoms with van der Waals surface area (Å²) in [6, 6.07) is 12.1. The topological polar surface area (TPSA) is 40.2 Å². The number of hydrogen-bond donors (Lipinski definition) is 2. The lowest BCUT2D eigenvalue weighted by Crippen LogP contribution is -2.11. The molecule has 21 heavy (non-hydrogen) atoms. The highest BCUT2D eigenvalue weighted by Gasteiger charge is 2.08. The van der Waals surface area contributed by atoms with E-state index in [4.69, 9.17) is 0 Å². The number of nitrogens with zero attached hydrogens (tertiary/aromatic N) is 2. The minimum Gasteiger partial charge on any atom is -0.361 e. The van der Waals surface area contributed by atoms with Crippen LogP contribution in [0.2, 0.25) is 0 Å². The van der Waals surface area contributed by atoms with Gasteiger partial charge in [0.05, 0.1) is 23.3 Å². The summed E-state index contributed by atoms with van der Waals surface area (Å²) in [5.74, 6) is 0.822. The van der Waals surface area contributed by atoms with Crippen molar-refractivity contribution in [2.45, 2.75) is 6.92 Å². The number of benzene rings is 1. The van der Waals surface area contributed by atoms with E-state index >= 15 is 0 Å². The van der Waals surface area contributed by atoms with Gasteiger partial charge >= 0.3 is 0 Å². The lowest BCUT2D eigenvalue weighted by Gasteiger charge is -2.22. The normalized spacial score (nSPS) is 10.4. The fraction of sp³-hybridized carbons (Fsp3) is 0.118. The largest absolute Gasteiger partial charge is 0.361 e. The van der Waals surface area contributed by atoms with Crippen LogP contribution in [0, 0.1) is 0 Å². The lowest BCUT2D eigenvalue weighted by molar-refractivity contribution is 1.17. The maximum atomic E-state index is 4.39. The first kappa shape index (κ1) is 14.7. The molecule has 0 unspecified atom stereocenters. The molecule has 0 saturated carbocycles. The molecule has 1 aromatic carbocycles. The van der Waals surface area contributed by atoms with E-state index < -0.39 is 0 Å². The zero-order chi connectivity index (χ0) is 15.1. The van der Waals surface area contributed by atoms with Gasteiger partial charge in [0.2, 0.25) is 0 Å². The van der Waals surface area contributed by atoms with Gasteiger partial charge in [-0.1, -0.05) is 24.8 Å². The van der Waals surface area contributed by atoms with Crippen molar-refractivity contribution in [1.82, 2.24) is 4.98 Å². The standard InChI is InChI=1S/C17H20N4/c1-4-12-19-17-11-10-14(13-20-17)21(3)16-9-7-6-8-15(16)18-5-2/h4-13,18H,2H2,1,3H3,(H,19,20)/b12-4-. The molecule has 0 fully saturated rings. The maximum absolute atomic E-state index is 4.39. The van der Waals surface area contributed by atoms with Gasteiger partial charge in [0.15, 0.2) is 0 Å². The minimum absolute atomic E-state index is 0.822. The third-order valence-corrected chi connectivity index (χ3v) is 3.06. The average Bonchev–Trinajstić information content (AvgIpc) is 2.53. The predicted molar refractivity (Wildman–Crippen MR) is 91.0 cm³/mol. The van der Waals surface area contributed by atoms with Gasteiger partial charge in [-0.25, -0.2) is 4.98 Å². The molecule has 0 atom stereocenters. The van der Waals surface area contributed by atoms with Gasteiger partial charge in [-0.3, -0.25) is 0 Å². The first-order chi connectivity index (χ1) is 10.3. The van der Waals surface area contributed by atoms with Crippen LogP contribution in [0.5, 0.6) is 0 Å². The fourth-order valence-corrected chi connectivity index (χ4v) is 1.98. The van der Waals surface area contributed by atoms with Crippen molar-refractivity contribution in [3.05, 3.63) is 67.6 Å². The van der Waals surface area contributed by atoms with Gasteiger partial charge in [0.25, 0.3) is 0 Å². The molecule has 0 spiro atoms. The maximum Gasteiger partial charge on any atom is 0.129 e. The van der Waals surface area contributed by atoms with Gasteiger partial charge < -0.3 is 15.5 Å². The minimum atomic E-state index is 0.822. The van der Waals surface area contributed by atoms with E-state index in [-0.39, 0.29) is 0 Å². The van der Waals surface area contributed by atoms with Crippen molar-refractivity contribution >= 4 is 22.9 Å². The molecule has 0 aliphatic rings. The van der Waals surface area contributed by atoms with Crippen molar-refractivity contribution < 1.29 is 0 Å². The second kappa shape index (κ2) is 7.14. The predicted octanol–water partition coefficient (Wildman–Crippen LogP) is 4.35. The first-order valence-electron chi connectivity index (χ1n) is 6.80. The van der Waals surface area contributed by atoms with Crippen molar-refractivity contribution in [3.8, 4) is 0 Å². The van der Waals surface area contributed by atoms with Gasteiger partial charge in [0, 0.05) is 7.05 Å². The molecule has 2 rings (SSSR count). The van der Waals surface area contributed by atoms with E-state index in [1.165, 1.54) is 0 Å². The van der Waals surface area contributed by atoms with Crippen molar-refractivity contribution in [2.24, 2.45) is 0 Å². The summed E-state index contributed by atoms with van der Waals surface area (Å²) in [7, 11) is 2.01. The van der Waals surface area contributed by atoms with Gasteiger partial charge in [0.1, 0.15) is 5.82 Å². The number of hydrogen-bond acceptors (Lipinski definition) is 4. The van der Waals surface area contributed by atoms with Crippen LogP contribution in [0.25, 0.3) is 0 Å². The molecule has 2 N–H and O–H groups in total. The Morgan fingerprint density at radius 2 is 1.95 bits per heavy atom. The average molecular weight is 280 g/mol. The second-order valence-corrected chi connectivity index (χ2v) is 4.47. The Kier molecular flexibility index (Phi) is 4.99. The summed E-state index contributed by atoms with van der Waals surface area (Å²) in [4.78, 5) is 6.48. The van der Waals surface area contributed by atoms with Crippen LogP contribution in [0.1, 0.15) is 6.92 Å². The van der Waals surface area contributed by atoms with Gasteiger partial charge in [-0.15, -0.1) is 0 Å². The molecule has 2 aromatic rings. The molecule has 4 heteroatoms. The zero-order valence-electron chi connectivity index (χ0n) is 12.4. The molecular weight excluding hydrogens is 260 g/mol. The van der Waals surface area contributed by atoms with E-state index in [9.17, 15) is 0 Å². The molecule has 0 amide bonds. The Hall–Kier alpha value is -2.75.